The summed E-state index contributed by atoms with van der Waals surface area (Å²) < 4.78 is 0. The number of benzene rings is 5. The molecule has 0 radical (unpaired) electrons. The van der Waals surface area contributed by atoms with Crippen molar-refractivity contribution in [2.24, 2.45) is 0 Å². The number of carbonyl (C=O) groups is 2. The highest BCUT2D eigenvalue weighted by Gasteiger charge is 2.20. The predicted molar refractivity (Wildman–Crippen MR) is 195 cm³/mol. The van der Waals surface area contributed by atoms with Crippen molar-refractivity contribution in [2.75, 3.05) is 11.5 Å². The first kappa shape index (κ1) is 33.0. The molecule has 0 atom stereocenters. The van der Waals surface area contributed by atoms with Crippen LogP contribution >= 0.6 is 23.5 Å². The summed E-state index contributed by atoms with van der Waals surface area (Å²) in [5.74, 6) is 0.406. The van der Waals surface area contributed by atoms with Gasteiger partial charge < -0.3 is 9.80 Å². The Morgan fingerprint density at radius 1 is 0.417 bits per heavy atom. The summed E-state index contributed by atoms with van der Waals surface area (Å²) in [5.41, 5.74) is 5.79. The number of hydrogen-bond donors (Lipinski definition) is 0. The first-order valence-corrected chi connectivity index (χ1v) is 17.8. The Kier molecular flexibility index (Phi) is 11.5. The van der Waals surface area contributed by atoms with Crippen LogP contribution in [0.3, 0.4) is 0 Å². The number of aromatic nitrogens is 2. The Morgan fingerprint density at radius 3 is 0.979 bits per heavy atom. The van der Waals surface area contributed by atoms with Crippen molar-refractivity contribution >= 4 is 46.4 Å². The second kappa shape index (κ2) is 16.8. The van der Waals surface area contributed by atoms with E-state index < -0.39 is 0 Å². The van der Waals surface area contributed by atoms with E-state index in [0.29, 0.717) is 36.2 Å². The van der Waals surface area contributed by atoms with Crippen molar-refractivity contribution in [3.8, 4) is 0 Å². The molecule has 5 aromatic carbocycles. The molecule has 6 nitrogen and oxygen atoms in total. The second-order valence-electron chi connectivity index (χ2n) is 11.3. The lowest BCUT2D eigenvalue weighted by Gasteiger charge is -2.24. The lowest BCUT2D eigenvalue weighted by molar-refractivity contribution is -0.130. The highest BCUT2D eigenvalue weighted by Crippen LogP contribution is 2.31. The van der Waals surface area contributed by atoms with Crippen LogP contribution in [0.25, 0.3) is 11.0 Å². The number of rotatable bonds is 14. The van der Waals surface area contributed by atoms with E-state index in [9.17, 15) is 9.59 Å². The maximum absolute atomic E-state index is 13.8. The van der Waals surface area contributed by atoms with Crippen LogP contribution in [0.15, 0.2) is 156 Å². The van der Waals surface area contributed by atoms with Crippen molar-refractivity contribution in [2.45, 2.75) is 36.2 Å². The maximum Gasteiger partial charge on any atom is 0.233 e. The number of para-hydroxylation sites is 2. The molecule has 0 bridgehead atoms. The van der Waals surface area contributed by atoms with E-state index in [1.165, 1.54) is 23.5 Å². The molecule has 48 heavy (non-hydrogen) atoms. The van der Waals surface area contributed by atoms with Gasteiger partial charge >= 0.3 is 0 Å². The molecule has 0 saturated heterocycles. The van der Waals surface area contributed by atoms with Gasteiger partial charge in [0.25, 0.3) is 0 Å². The van der Waals surface area contributed by atoms with Crippen molar-refractivity contribution in [1.82, 2.24) is 19.8 Å². The van der Waals surface area contributed by atoms with Crippen molar-refractivity contribution in [1.29, 1.82) is 0 Å². The van der Waals surface area contributed by atoms with Crippen LogP contribution in [0.5, 0.6) is 0 Å². The van der Waals surface area contributed by atoms with Gasteiger partial charge in [0, 0.05) is 26.2 Å². The van der Waals surface area contributed by atoms with E-state index in [0.717, 1.165) is 33.3 Å². The van der Waals surface area contributed by atoms with Gasteiger partial charge in [0.1, 0.15) is 10.1 Å². The predicted octanol–water partition coefficient (Wildman–Crippen LogP) is 8.27. The normalized spacial score (nSPS) is 10.9. The van der Waals surface area contributed by atoms with Gasteiger partial charge in [-0.2, -0.15) is 0 Å². The van der Waals surface area contributed by atoms with E-state index in [1.807, 2.05) is 155 Å². The molecule has 0 unspecified atom stereocenters. The summed E-state index contributed by atoms with van der Waals surface area (Å²) >= 11 is 2.75. The summed E-state index contributed by atoms with van der Waals surface area (Å²) in [6, 6.07) is 47.9. The Morgan fingerprint density at radius 2 is 0.688 bits per heavy atom. The summed E-state index contributed by atoms with van der Waals surface area (Å²) in [7, 11) is 0. The monoisotopic (exact) mass is 668 g/mol. The summed E-state index contributed by atoms with van der Waals surface area (Å²) in [6.45, 7) is 2.03. The molecule has 0 spiro atoms. The molecule has 0 aliphatic rings. The van der Waals surface area contributed by atoms with E-state index in [1.54, 1.807) is 0 Å². The van der Waals surface area contributed by atoms with Crippen LogP contribution in [-0.2, 0) is 35.8 Å². The molecule has 0 saturated carbocycles. The van der Waals surface area contributed by atoms with Gasteiger partial charge in [-0.15, -0.1) is 0 Å². The number of amides is 2. The van der Waals surface area contributed by atoms with E-state index in [-0.39, 0.29) is 23.3 Å². The SMILES string of the molecule is O=C(CSc1nc2ccccc2nc1SCC(=O)N(Cc1ccccc1)Cc1ccccc1)N(Cc1ccccc1)Cc1ccccc1. The number of fused-ring (bicyclic) bond motifs is 1. The number of hydrogen-bond acceptors (Lipinski definition) is 6. The zero-order valence-corrected chi connectivity index (χ0v) is 28.2. The second-order valence-corrected chi connectivity index (χ2v) is 13.3. The fourth-order valence-electron chi connectivity index (χ4n) is 5.28. The topological polar surface area (TPSA) is 66.4 Å². The lowest BCUT2D eigenvalue weighted by atomic mass is 10.1. The Balaban J connectivity index is 1.19. The van der Waals surface area contributed by atoms with Crippen LogP contribution in [-0.4, -0.2) is 43.1 Å². The molecule has 0 N–H and O–H groups in total. The molecule has 240 valence electrons. The molecule has 6 aromatic rings. The van der Waals surface area contributed by atoms with E-state index in [4.69, 9.17) is 9.97 Å². The van der Waals surface area contributed by atoms with Crippen molar-refractivity contribution in [3.05, 3.63) is 168 Å². The maximum atomic E-state index is 13.8. The molecule has 2 amide bonds. The van der Waals surface area contributed by atoms with Gasteiger partial charge in [0.05, 0.1) is 22.5 Å². The average Bonchev–Trinajstić information content (AvgIpc) is 3.14. The van der Waals surface area contributed by atoms with Crippen LogP contribution in [0.4, 0.5) is 0 Å². The molecular formula is C40H36N4O2S2. The third kappa shape index (κ3) is 9.33. The Hall–Kier alpha value is -4.92. The van der Waals surface area contributed by atoms with Crippen LogP contribution < -0.4 is 0 Å². The van der Waals surface area contributed by atoms with E-state index in [2.05, 4.69) is 0 Å². The molecular weight excluding hydrogens is 633 g/mol. The smallest absolute Gasteiger partial charge is 0.233 e. The highest BCUT2D eigenvalue weighted by molar-refractivity contribution is 8.02. The van der Waals surface area contributed by atoms with Gasteiger partial charge in [0.2, 0.25) is 11.8 Å². The van der Waals surface area contributed by atoms with Crippen LogP contribution in [0.1, 0.15) is 22.3 Å². The first-order chi connectivity index (χ1) is 23.6. The summed E-state index contributed by atoms with van der Waals surface area (Å²) in [4.78, 5) is 41.2. The molecule has 1 aromatic heterocycles. The third-order valence-electron chi connectivity index (χ3n) is 7.74. The zero-order chi connectivity index (χ0) is 33.0. The molecule has 0 aliphatic carbocycles. The number of nitrogens with zero attached hydrogens (tertiary/aromatic N) is 4. The van der Waals surface area contributed by atoms with Gasteiger partial charge in [-0.3, -0.25) is 9.59 Å². The fourth-order valence-corrected chi connectivity index (χ4v) is 7.18. The summed E-state index contributed by atoms with van der Waals surface area (Å²) in [6.07, 6.45) is 0. The quantitative estimate of drug-likeness (QED) is 0.109. The van der Waals surface area contributed by atoms with Crippen molar-refractivity contribution < 1.29 is 9.59 Å². The minimum atomic E-state index is 0.00610. The Labute approximate surface area is 290 Å². The minimum Gasteiger partial charge on any atom is -0.333 e. The number of carbonyl (C=O) groups excluding carboxylic acids is 2. The first-order valence-electron chi connectivity index (χ1n) is 15.8. The third-order valence-corrected chi connectivity index (χ3v) is 9.77. The molecule has 1 heterocycles. The highest BCUT2D eigenvalue weighted by atomic mass is 32.2. The van der Waals surface area contributed by atoms with Crippen molar-refractivity contribution in [3.63, 3.8) is 0 Å². The molecule has 0 fully saturated rings. The van der Waals surface area contributed by atoms with Gasteiger partial charge in [-0.25, -0.2) is 9.97 Å². The number of thioether (sulfide) groups is 2. The summed E-state index contributed by atoms with van der Waals surface area (Å²) in [5, 5.41) is 1.30. The molecule has 6 rings (SSSR count). The van der Waals surface area contributed by atoms with Gasteiger partial charge in [-0.1, -0.05) is 157 Å². The Bertz CT molecular complexity index is 1700. The zero-order valence-electron chi connectivity index (χ0n) is 26.5. The van der Waals surface area contributed by atoms with Crippen LogP contribution in [0.2, 0.25) is 0 Å². The largest absolute Gasteiger partial charge is 0.333 e. The van der Waals surface area contributed by atoms with E-state index >= 15 is 0 Å². The molecule has 0 aliphatic heterocycles. The minimum absolute atomic E-state index is 0.00610. The van der Waals surface area contributed by atoms with Gasteiger partial charge in [0.15, 0.2) is 0 Å². The standard InChI is InChI=1S/C40H36N4O2S2/c45-37(43(25-31-15-5-1-6-16-31)26-32-17-7-2-8-18-32)29-47-39-40(42-36-24-14-13-23-35(36)41-39)48-30-38(46)44(27-33-19-9-3-10-20-33)28-34-21-11-4-12-22-34/h1-24H,25-30H2. The molecule has 8 heteroatoms. The average molecular weight is 669 g/mol. The van der Waals surface area contributed by atoms with Crippen LogP contribution in [0, 0.1) is 0 Å². The fraction of sp³-hybridized carbons (Fsp3) is 0.150. The lowest BCUT2D eigenvalue weighted by Crippen LogP contribution is -2.31. The van der Waals surface area contributed by atoms with Gasteiger partial charge in [-0.05, 0) is 34.4 Å².